The summed E-state index contributed by atoms with van der Waals surface area (Å²) in [5, 5.41) is 9.32. The van der Waals surface area contributed by atoms with Crippen LogP contribution in [-0.2, 0) is 16.8 Å². The molecule has 2 heterocycles. The molecule has 7 nitrogen and oxygen atoms in total. The lowest BCUT2D eigenvalue weighted by Gasteiger charge is -2.33. The van der Waals surface area contributed by atoms with Gasteiger partial charge in [0, 0.05) is 31.4 Å². The van der Waals surface area contributed by atoms with E-state index in [2.05, 4.69) is 9.71 Å². The van der Waals surface area contributed by atoms with Crippen molar-refractivity contribution < 1.29 is 18.3 Å². The Morgan fingerprint density at radius 2 is 2.33 bits per heavy atom. The number of rotatable bonds is 6. The summed E-state index contributed by atoms with van der Waals surface area (Å²) >= 11 is 0. The van der Waals surface area contributed by atoms with Gasteiger partial charge in [-0.15, -0.1) is 0 Å². The molecule has 1 saturated heterocycles. The van der Waals surface area contributed by atoms with Crippen molar-refractivity contribution in [3.8, 4) is 5.88 Å². The largest absolute Gasteiger partial charge is 0.481 e. The second kappa shape index (κ2) is 7.17. The van der Waals surface area contributed by atoms with E-state index in [4.69, 9.17) is 4.74 Å². The van der Waals surface area contributed by atoms with Gasteiger partial charge in [-0.05, 0) is 24.5 Å². The van der Waals surface area contributed by atoms with E-state index in [-0.39, 0.29) is 19.2 Å². The SMILES string of the molecule is COc1cc(CNS(=O)(=O)N2CCCCC2CO)ccn1. The topological polar surface area (TPSA) is 91.8 Å². The first-order valence-corrected chi connectivity index (χ1v) is 8.37. The van der Waals surface area contributed by atoms with Crippen molar-refractivity contribution in [1.29, 1.82) is 0 Å². The number of aromatic nitrogens is 1. The summed E-state index contributed by atoms with van der Waals surface area (Å²) in [6, 6.07) is 3.08. The lowest BCUT2D eigenvalue weighted by Crippen LogP contribution is -2.50. The van der Waals surface area contributed by atoms with E-state index in [9.17, 15) is 13.5 Å². The molecular weight excluding hydrogens is 294 g/mol. The predicted octanol–water partition coefficient (Wildman–Crippen LogP) is 0.271. The molecule has 2 N–H and O–H groups in total. The van der Waals surface area contributed by atoms with Crippen molar-refractivity contribution in [3.63, 3.8) is 0 Å². The average Bonchev–Trinajstić information content (AvgIpc) is 2.53. The number of nitrogens with zero attached hydrogens (tertiary/aromatic N) is 2. The van der Waals surface area contributed by atoms with Crippen LogP contribution in [-0.4, -0.2) is 49.1 Å². The highest BCUT2D eigenvalue weighted by atomic mass is 32.2. The Bertz CT molecular complexity index is 564. The minimum atomic E-state index is -3.60. The summed E-state index contributed by atoms with van der Waals surface area (Å²) in [6.45, 7) is 0.458. The van der Waals surface area contributed by atoms with Gasteiger partial charge in [0.1, 0.15) is 0 Å². The number of nitrogens with one attached hydrogen (secondary N) is 1. The van der Waals surface area contributed by atoms with Crippen molar-refractivity contribution in [2.24, 2.45) is 0 Å². The van der Waals surface area contributed by atoms with Crippen LogP contribution in [0.2, 0.25) is 0 Å². The molecule has 1 aromatic heterocycles. The molecule has 0 aromatic carbocycles. The first-order valence-electron chi connectivity index (χ1n) is 6.93. The fourth-order valence-electron chi connectivity index (χ4n) is 2.40. The molecule has 0 radical (unpaired) electrons. The van der Waals surface area contributed by atoms with Gasteiger partial charge in [-0.2, -0.15) is 17.4 Å². The van der Waals surface area contributed by atoms with Crippen LogP contribution in [0.25, 0.3) is 0 Å². The second-order valence-electron chi connectivity index (χ2n) is 4.98. The zero-order valence-corrected chi connectivity index (χ0v) is 12.8. The van der Waals surface area contributed by atoms with Crippen LogP contribution in [0.4, 0.5) is 0 Å². The third-order valence-electron chi connectivity index (χ3n) is 3.56. The number of methoxy groups -OCH3 is 1. The zero-order valence-electron chi connectivity index (χ0n) is 12.0. The monoisotopic (exact) mass is 315 g/mol. The number of piperidine rings is 1. The number of hydrogen-bond acceptors (Lipinski definition) is 5. The quantitative estimate of drug-likeness (QED) is 0.786. The fourth-order valence-corrected chi connectivity index (χ4v) is 3.85. The third-order valence-corrected chi connectivity index (χ3v) is 5.17. The standard InChI is InChI=1S/C13H21N3O4S/c1-20-13-8-11(5-6-14-13)9-15-21(18,19)16-7-3-2-4-12(16)10-17/h5-6,8,12,15,17H,2-4,7,9-10H2,1H3. The van der Waals surface area contributed by atoms with Crippen molar-refractivity contribution >= 4 is 10.2 Å². The summed E-state index contributed by atoms with van der Waals surface area (Å²) in [6.07, 6.45) is 4.03. The molecule has 2 rings (SSSR count). The van der Waals surface area contributed by atoms with E-state index in [0.29, 0.717) is 18.8 Å². The van der Waals surface area contributed by atoms with Crippen molar-refractivity contribution in [2.45, 2.75) is 31.8 Å². The van der Waals surface area contributed by atoms with Gasteiger partial charge in [0.15, 0.2) is 0 Å². The molecule has 1 fully saturated rings. The molecule has 1 aromatic rings. The zero-order chi connectivity index (χ0) is 15.3. The van der Waals surface area contributed by atoms with Gasteiger partial charge in [0.25, 0.3) is 10.2 Å². The first-order chi connectivity index (χ1) is 10.1. The van der Waals surface area contributed by atoms with Crippen LogP contribution in [0.5, 0.6) is 5.88 Å². The fraction of sp³-hybridized carbons (Fsp3) is 0.615. The van der Waals surface area contributed by atoms with Crippen LogP contribution in [0, 0.1) is 0 Å². The molecular formula is C13H21N3O4S. The molecule has 0 aliphatic carbocycles. The van der Waals surface area contributed by atoms with Crippen LogP contribution in [0.1, 0.15) is 24.8 Å². The molecule has 0 saturated carbocycles. The Balaban J connectivity index is 2.03. The first kappa shape index (κ1) is 16.2. The van der Waals surface area contributed by atoms with Crippen molar-refractivity contribution in [3.05, 3.63) is 23.9 Å². The summed E-state index contributed by atoms with van der Waals surface area (Å²) in [4.78, 5) is 3.97. The van der Waals surface area contributed by atoms with Gasteiger partial charge in [-0.1, -0.05) is 6.42 Å². The van der Waals surface area contributed by atoms with Gasteiger partial charge >= 0.3 is 0 Å². The highest BCUT2D eigenvalue weighted by Crippen LogP contribution is 2.19. The van der Waals surface area contributed by atoms with Crippen molar-refractivity contribution in [2.75, 3.05) is 20.3 Å². The van der Waals surface area contributed by atoms with Crippen LogP contribution in [0.3, 0.4) is 0 Å². The van der Waals surface area contributed by atoms with Gasteiger partial charge in [-0.25, -0.2) is 4.98 Å². The van der Waals surface area contributed by atoms with E-state index < -0.39 is 10.2 Å². The minimum absolute atomic E-state index is 0.149. The second-order valence-corrected chi connectivity index (χ2v) is 6.68. The molecule has 1 atom stereocenters. The maximum atomic E-state index is 12.3. The Labute approximate surface area is 125 Å². The highest BCUT2D eigenvalue weighted by molar-refractivity contribution is 7.87. The van der Waals surface area contributed by atoms with E-state index in [1.54, 1.807) is 18.3 Å². The van der Waals surface area contributed by atoms with E-state index in [1.807, 2.05) is 0 Å². The molecule has 118 valence electrons. The summed E-state index contributed by atoms with van der Waals surface area (Å²) < 4.78 is 33.6. The van der Waals surface area contributed by atoms with Gasteiger partial charge in [0.2, 0.25) is 5.88 Å². The molecule has 1 aliphatic heterocycles. The molecule has 1 unspecified atom stereocenters. The Morgan fingerprint density at radius 3 is 3.05 bits per heavy atom. The maximum absolute atomic E-state index is 12.3. The van der Waals surface area contributed by atoms with E-state index in [1.165, 1.54) is 11.4 Å². The molecule has 8 heteroatoms. The third kappa shape index (κ3) is 4.13. The van der Waals surface area contributed by atoms with Gasteiger partial charge < -0.3 is 9.84 Å². The Kier molecular flexibility index (Phi) is 5.51. The molecule has 0 bridgehead atoms. The van der Waals surface area contributed by atoms with Gasteiger partial charge in [-0.3, -0.25) is 0 Å². The number of ether oxygens (including phenoxy) is 1. The lowest BCUT2D eigenvalue weighted by atomic mass is 10.1. The van der Waals surface area contributed by atoms with Crippen LogP contribution < -0.4 is 9.46 Å². The summed E-state index contributed by atoms with van der Waals surface area (Å²) in [5.74, 6) is 0.443. The predicted molar refractivity (Wildman–Crippen MR) is 78.0 cm³/mol. The molecule has 0 amide bonds. The highest BCUT2D eigenvalue weighted by Gasteiger charge is 2.31. The lowest BCUT2D eigenvalue weighted by molar-refractivity contribution is 0.154. The number of aliphatic hydroxyl groups excluding tert-OH is 1. The normalized spacial score (nSPS) is 20.4. The Hall–Kier alpha value is -1.22. The number of pyridine rings is 1. The van der Waals surface area contributed by atoms with Crippen molar-refractivity contribution in [1.82, 2.24) is 14.0 Å². The van der Waals surface area contributed by atoms with E-state index >= 15 is 0 Å². The van der Waals surface area contributed by atoms with Gasteiger partial charge in [0.05, 0.1) is 13.7 Å². The molecule has 0 spiro atoms. The summed E-state index contributed by atoms with van der Waals surface area (Å²) in [7, 11) is -2.09. The molecule has 1 aliphatic rings. The summed E-state index contributed by atoms with van der Waals surface area (Å²) in [5.41, 5.74) is 0.767. The Morgan fingerprint density at radius 1 is 1.52 bits per heavy atom. The maximum Gasteiger partial charge on any atom is 0.280 e. The van der Waals surface area contributed by atoms with Crippen LogP contribution in [0.15, 0.2) is 18.3 Å². The molecule has 21 heavy (non-hydrogen) atoms. The number of aliphatic hydroxyl groups is 1. The smallest absolute Gasteiger partial charge is 0.280 e. The van der Waals surface area contributed by atoms with E-state index in [0.717, 1.165) is 18.4 Å². The minimum Gasteiger partial charge on any atom is -0.481 e. The average molecular weight is 315 g/mol. The van der Waals surface area contributed by atoms with Crippen LogP contribution >= 0.6 is 0 Å². The number of hydrogen-bond donors (Lipinski definition) is 2.